The van der Waals surface area contributed by atoms with Crippen molar-refractivity contribution in [3.63, 3.8) is 0 Å². The first-order chi connectivity index (χ1) is 15.5. The molecular formula is C23H25N3O6. The van der Waals surface area contributed by atoms with E-state index in [1.54, 1.807) is 37.5 Å². The highest BCUT2D eigenvalue weighted by atomic mass is 16.5. The molecule has 0 bridgehead atoms. The van der Waals surface area contributed by atoms with Crippen LogP contribution in [0.4, 0.5) is 4.79 Å². The first kappa shape index (κ1) is 24.1. The number of carbonyl (C=O) groups excluding carboxylic acids is 4. The van der Waals surface area contributed by atoms with Gasteiger partial charge in [-0.3, -0.25) is 19.7 Å². The summed E-state index contributed by atoms with van der Waals surface area (Å²) in [7, 11) is 1.57. The van der Waals surface area contributed by atoms with Gasteiger partial charge in [0, 0.05) is 19.2 Å². The minimum absolute atomic E-state index is 0.0454. The van der Waals surface area contributed by atoms with E-state index in [2.05, 4.69) is 16.0 Å². The summed E-state index contributed by atoms with van der Waals surface area (Å²) in [6, 6.07) is 15.6. The standard InChI is InChI=1S/C23H25N3O6/c1-31-19-10-7-17(8-11-19)9-12-20(27)24-14-13-22(29)32-16-21(28)26-23(30)25-15-18-5-3-2-4-6-18/h2-12H,13-16H2,1H3,(H,24,27)(H2,25,26,28,30). The van der Waals surface area contributed by atoms with Gasteiger partial charge in [0.2, 0.25) is 5.91 Å². The number of carbonyl (C=O) groups is 4. The van der Waals surface area contributed by atoms with Crippen LogP contribution in [0, 0.1) is 0 Å². The predicted octanol–water partition coefficient (Wildman–Crippen LogP) is 1.78. The van der Waals surface area contributed by atoms with Gasteiger partial charge < -0.3 is 20.1 Å². The van der Waals surface area contributed by atoms with Crippen LogP contribution in [0.3, 0.4) is 0 Å². The van der Waals surface area contributed by atoms with Crippen LogP contribution in [0.1, 0.15) is 17.5 Å². The number of esters is 1. The number of methoxy groups -OCH3 is 1. The summed E-state index contributed by atoms with van der Waals surface area (Å²) in [5.74, 6) is -1.09. The molecule has 2 aromatic carbocycles. The minimum atomic E-state index is -0.754. The number of imide groups is 1. The summed E-state index contributed by atoms with van der Waals surface area (Å²) in [6.07, 6.45) is 2.85. The molecule has 0 atom stereocenters. The smallest absolute Gasteiger partial charge is 0.321 e. The molecule has 9 heteroatoms. The van der Waals surface area contributed by atoms with Gasteiger partial charge in [-0.2, -0.15) is 0 Å². The molecule has 0 spiro atoms. The summed E-state index contributed by atoms with van der Waals surface area (Å²) in [4.78, 5) is 46.8. The van der Waals surface area contributed by atoms with Gasteiger partial charge in [0.05, 0.1) is 13.5 Å². The van der Waals surface area contributed by atoms with E-state index in [0.717, 1.165) is 11.1 Å². The molecule has 0 heterocycles. The van der Waals surface area contributed by atoms with Crippen molar-refractivity contribution < 1.29 is 28.7 Å². The molecule has 2 rings (SSSR count). The monoisotopic (exact) mass is 439 g/mol. The van der Waals surface area contributed by atoms with Crippen LogP contribution < -0.4 is 20.7 Å². The summed E-state index contributed by atoms with van der Waals surface area (Å²) in [6.45, 7) is -0.293. The zero-order chi connectivity index (χ0) is 23.2. The third-order valence-corrected chi connectivity index (χ3v) is 4.08. The molecule has 0 fully saturated rings. The second kappa shape index (κ2) is 13.2. The maximum absolute atomic E-state index is 11.8. The molecule has 32 heavy (non-hydrogen) atoms. The normalized spacial score (nSPS) is 10.3. The topological polar surface area (TPSA) is 123 Å². The highest BCUT2D eigenvalue weighted by Gasteiger charge is 2.11. The van der Waals surface area contributed by atoms with Crippen molar-refractivity contribution in [1.29, 1.82) is 0 Å². The average molecular weight is 439 g/mol. The van der Waals surface area contributed by atoms with Crippen molar-refractivity contribution in [1.82, 2.24) is 16.0 Å². The van der Waals surface area contributed by atoms with Gasteiger partial charge in [-0.25, -0.2) is 4.79 Å². The average Bonchev–Trinajstić information content (AvgIpc) is 2.81. The Bertz CT molecular complexity index is 942. The van der Waals surface area contributed by atoms with Crippen molar-refractivity contribution in [2.24, 2.45) is 0 Å². The Morgan fingerprint density at radius 2 is 1.66 bits per heavy atom. The van der Waals surface area contributed by atoms with Gasteiger partial charge in [-0.05, 0) is 29.3 Å². The van der Waals surface area contributed by atoms with Crippen LogP contribution in [-0.2, 0) is 25.7 Å². The second-order valence-corrected chi connectivity index (χ2v) is 6.52. The molecule has 9 nitrogen and oxygen atoms in total. The van der Waals surface area contributed by atoms with Crippen LogP contribution in [0.25, 0.3) is 6.08 Å². The fourth-order valence-corrected chi connectivity index (χ4v) is 2.44. The van der Waals surface area contributed by atoms with Crippen molar-refractivity contribution in [3.05, 3.63) is 71.8 Å². The molecule has 0 radical (unpaired) electrons. The molecule has 2 aromatic rings. The van der Waals surface area contributed by atoms with E-state index in [9.17, 15) is 19.2 Å². The van der Waals surface area contributed by atoms with E-state index in [1.165, 1.54) is 6.08 Å². The van der Waals surface area contributed by atoms with Gasteiger partial charge in [0.25, 0.3) is 5.91 Å². The van der Waals surface area contributed by atoms with E-state index in [0.29, 0.717) is 5.75 Å². The number of urea groups is 1. The van der Waals surface area contributed by atoms with Crippen LogP contribution in [-0.4, -0.2) is 44.1 Å². The molecule has 0 aliphatic carbocycles. The summed E-state index contributed by atoms with van der Waals surface area (Å²) < 4.78 is 9.85. The molecule has 0 aromatic heterocycles. The van der Waals surface area contributed by atoms with Gasteiger partial charge in [-0.15, -0.1) is 0 Å². The van der Waals surface area contributed by atoms with E-state index < -0.39 is 24.5 Å². The van der Waals surface area contributed by atoms with Gasteiger partial charge in [0.15, 0.2) is 6.61 Å². The first-order valence-corrected chi connectivity index (χ1v) is 9.83. The Kier molecular flexibility index (Phi) is 9.97. The van der Waals surface area contributed by atoms with E-state index in [4.69, 9.17) is 9.47 Å². The lowest BCUT2D eigenvalue weighted by Gasteiger charge is -2.08. The summed E-state index contributed by atoms with van der Waals surface area (Å²) in [5.41, 5.74) is 1.70. The van der Waals surface area contributed by atoms with Gasteiger partial charge in [0.1, 0.15) is 5.75 Å². The Balaban J connectivity index is 1.57. The third kappa shape index (κ3) is 9.57. The lowest BCUT2D eigenvalue weighted by Crippen LogP contribution is -2.41. The maximum atomic E-state index is 11.8. The van der Waals surface area contributed by atoms with Gasteiger partial charge in [-0.1, -0.05) is 42.5 Å². The Hall–Kier alpha value is -4.14. The molecule has 3 N–H and O–H groups in total. The number of amides is 4. The van der Waals surface area contributed by atoms with Crippen LogP contribution in [0.2, 0.25) is 0 Å². The van der Waals surface area contributed by atoms with Crippen molar-refractivity contribution >= 4 is 29.9 Å². The number of ether oxygens (including phenoxy) is 2. The van der Waals surface area contributed by atoms with Crippen molar-refractivity contribution in [2.45, 2.75) is 13.0 Å². The van der Waals surface area contributed by atoms with E-state index >= 15 is 0 Å². The maximum Gasteiger partial charge on any atom is 0.321 e. The lowest BCUT2D eigenvalue weighted by molar-refractivity contribution is -0.148. The molecule has 4 amide bonds. The van der Waals surface area contributed by atoms with Crippen molar-refractivity contribution in [3.8, 4) is 5.75 Å². The third-order valence-electron chi connectivity index (χ3n) is 4.08. The van der Waals surface area contributed by atoms with Crippen LogP contribution >= 0.6 is 0 Å². The zero-order valence-electron chi connectivity index (χ0n) is 17.6. The predicted molar refractivity (Wildman–Crippen MR) is 117 cm³/mol. The minimum Gasteiger partial charge on any atom is -0.497 e. The Labute approximate surface area is 185 Å². The Morgan fingerprint density at radius 1 is 0.938 bits per heavy atom. The number of nitrogens with one attached hydrogen (secondary N) is 3. The molecule has 0 aliphatic heterocycles. The number of hydrogen-bond donors (Lipinski definition) is 3. The van der Waals surface area contributed by atoms with E-state index in [-0.39, 0.29) is 25.4 Å². The fourth-order valence-electron chi connectivity index (χ4n) is 2.44. The van der Waals surface area contributed by atoms with E-state index in [1.807, 2.05) is 30.3 Å². The number of rotatable bonds is 10. The Morgan fingerprint density at radius 3 is 2.34 bits per heavy atom. The highest BCUT2D eigenvalue weighted by Crippen LogP contribution is 2.12. The molecule has 0 saturated carbocycles. The number of benzene rings is 2. The number of hydrogen-bond acceptors (Lipinski definition) is 6. The highest BCUT2D eigenvalue weighted by molar-refractivity contribution is 5.95. The largest absolute Gasteiger partial charge is 0.497 e. The fraction of sp³-hybridized carbons (Fsp3) is 0.217. The van der Waals surface area contributed by atoms with Crippen molar-refractivity contribution in [2.75, 3.05) is 20.3 Å². The second-order valence-electron chi connectivity index (χ2n) is 6.52. The quantitative estimate of drug-likeness (QED) is 0.383. The summed E-state index contributed by atoms with van der Waals surface area (Å²) in [5, 5.41) is 7.13. The first-order valence-electron chi connectivity index (χ1n) is 9.83. The molecule has 0 aliphatic rings. The molecule has 0 unspecified atom stereocenters. The lowest BCUT2D eigenvalue weighted by atomic mass is 10.2. The van der Waals surface area contributed by atoms with Crippen LogP contribution in [0.15, 0.2) is 60.7 Å². The summed E-state index contributed by atoms with van der Waals surface area (Å²) >= 11 is 0. The molecular weight excluding hydrogens is 414 g/mol. The molecule has 168 valence electrons. The zero-order valence-corrected chi connectivity index (χ0v) is 17.6. The molecule has 0 saturated heterocycles. The SMILES string of the molecule is COc1ccc(C=CC(=O)NCCC(=O)OCC(=O)NC(=O)NCc2ccccc2)cc1. The van der Waals surface area contributed by atoms with Gasteiger partial charge >= 0.3 is 12.0 Å². The van der Waals surface area contributed by atoms with Crippen LogP contribution in [0.5, 0.6) is 5.75 Å².